The van der Waals surface area contributed by atoms with E-state index in [1.54, 1.807) is 11.7 Å². The third-order valence-corrected chi connectivity index (χ3v) is 15.4. The summed E-state index contributed by atoms with van der Waals surface area (Å²) in [6.07, 6.45) is 4.00. The second-order valence-corrected chi connectivity index (χ2v) is 21.5. The molecule has 0 spiro atoms. The Labute approximate surface area is 427 Å². The number of carboxylic acids is 1. The van der Waals surface area contributed by atoms with Gasteiger partial charge in [0.1, 0.15) is 11.6 Å². The van der Waals surface area contributed by atoms with Gasteiger partial charge in [0.25, 0.3) is 5.91 Å². The fraction of sp³-hybridized carbons (Fsp3) is 0.357. The molecule has 0 bridgehead atoms. The number of carboxylic acid groups (broad SMARTS) is 1. The highest BCUT2D eigenvalue weighted by Crippen LogP contribution is 2.42. The summed E-state index contributed by atoms with van der Waals surface area (Å²) in [7, 11) is 1.79. The lowest BCUT2D eigenvalue weighted by Crippen LogP contribution is -2.39. The van der Waals surface area contributed by atoms with Crippen molar-refractivity contribution in [3.8, 4) is 16.9 Å². The first-order chi connectivity index (χ1) is 35.1. The number of benzene rings is 4. The molecule has 1 unspecified atom stereocenters. The molecule has 6 heterocycles. The quantitative estimate of drug-likeness (QED) is 0.0596. The highest BCUT2D eigenvalue weighted by Gasteiger charge is 2.34. The van der Waals surface area contributed by atoms with Crippen molar-refractivity contribution in [1.29, 1.82) is 0 Å². The molecule has 17 heteroatoms. The molecule has 4 amide bonds. The van der Waals surface area contributed by atoms with E-state index in [-0.39, 0.29) is 42.3 Å². The highest BCUT2D eigenvalue weighted by atomic mass is 32.1. The van der Waals surface area contributed by atoms with Gasteiger partial charge >= 0.3 is 5.97 Å². The summed E-state index contributed by atoms with van der Waals surface area (Å²) in [5.41, 5.74) is 7.73. The van der Waals surface area contributed by atoms with Crippen LogP contribution < -0.4 is 25.6 Å². The minimum absolute atomic E-state index is 0.0391. The molecule has 2 atom stereocenters. The molecular weight excluding hydrogens is 943 g/mol. The molecule has 10 rings (SSSR count). The molecule has 2 fully saturated rings. The first-order valence-corrected chi connectivity index (χ1v) is 25.8. The highest BCUT2D eigenvalue weighted by molar-refractivity contribution is 7.22. The monoisotopic (exact) mass is 1000 g/mol. The van der Waals surface area contributed by atoms with Gasteiger partial charge in [-0.1, -0.05) is 80.6 Å². The molecule has 3 aromatic heterocycles. The Morgan fingerprint density at radius 3 is 2.53 bits per heavy atom. The second kappa shape index (κ2) is 20.2. The number of amides is 4. The largest absolute Gasteiger partial charge is 0.493 e. The van der Waals surface area contributed by atoms with Crippen molar-refractivity contribution < 1.29 is 33.8 Å². The zero-order valence-electron chi connectivity index (χ0n) is 41.7. The number of rotatable bonds is 14. The molecule has 0 radical (unpaired) electrons. The van der Waals surface area contributed by atoms with Crippen molar-refractivity contribution in [1.82, 2.24) is 30.0 Å². The van der Waals surface area contributed by atoms with Gasteiger partial charge in [-0.05, 0) is 121 Å². The number of nitrogens with one attached hydrogen (secondary N) is 3. The van der Waals surface area contributed by atoms with Gasteiger partial charge in [0.2, 0.25) is 17.7 Å². The van der Waals surface area contributed by atoms with Crippen molar-refractivity contribution in [3.63, 3.8) is 0 Å². The lowest BCUT2D eigenvalue weighted by Gasteiger charge is -2.33. The Morgan fingerprint density at radius 2 is 1.74 bits per heavy atom. The average molecular weight is 1000 g/mol. The zero-order chi connectivity index (χ0) is 51.1. The van der Waals surface area contributed by atoms with Crippen molar-refractivity contribution in [2.24, 2.45) is 13.0 Å². The van der Waals surface area contributed by atoms with Gasteiger partial charge < -0.3 is 20.1 Å². The van der Waals surface area contributed by atoms with E-state index in [2.05, 4.69) is 56.6 Å². The van der Waals surface area contributed by atoms with Gasteiger partial charge in [0, 0.05) is 49.6 Å². The zero-order valence-corrected chi connectivity index (χ0v) is 42.5. The topological polar surface area (TPSA) is 201 Å². The Hall–Kier alpha value is -7.50. The van der Waals surface area contributed by atoms with Crippen LogP contribution in [-0.2, 0) is 39.8 Å². The number of thiazole rings is 1. The van der Waals surface area contributed by atoms with Crippen LogP contribution in [0.4, 0.5) is 16.6 Å². The third kappa shape index (κ3) is 10.2. The Balaban J connectivity index is 0.781. The molecule has 0 saturated carbocycles. The number of fused-ring (bicyclic) bond motifs is 3. The van der Waals surface area contributed by atoms with E-state index in [1.165, 1.54) is 11.3 Å². The van der Waals surface area contributed by atoms with E-state index < -0.39 is 17.3 Å². The second-order valence-electron chi connectivity index (χ2n) is 20.4. The molecule has 2 saturated heterocycles. The van der Waals surface area contributed by atoms with E-state index >= 15 is 0 Å². The number of likely N-dealkylation sites (tertiary alicyclic amines) is 1. The summed E-state index contributed by atoms with van der Waals surface area (Å²) < 4.78 is 9.11. The van der Waals surface area contributed by atoms with Gasteiger partial charge in [-0.3, -0.25) is 39.4 Å². The fourth-order valence-electron chi connectivity index (χ4n) is 10.7. The number of para-hydroxylation sites is 2. The lowest BCUT2D eigenvalue weighted by atomic mass is 9.80. The number of pyridine rings is 1. The third-order valence-electron chi connectivity index (χ3n) is 14.4. The Bertz CT molecular complexity index is 3310. The van der Waals surface area contributed by atoms with E-state index in [1.807, 2.05) is 91.9 Å². The number of carbonyl (C=O) groups excluding carboxylic acids is 4. The summed E-state index contributed by atoms with van der Waals surface area (Å²) in [4.78, 5) is 78.7. The molecule has 4 N–H and O–H groups in total. The minimum Gasteiger partial charge on any atom is -0.493 e. The van der Waals surface area contributed by atoms with Gasteiger partial charge in [0.05, 0.1) is 46.2 Å². The van der Waals surface area contributed by atoms with Crippen LogP contribution in [0.5, 0.6) is 5.75 Å². The number of aromatic carboxylic acids is 1. The number of imide groups is 1. The SMILES string of the molecule is Cc1c(OCCC[C@@H]2CCN(CC(=O)Nc3cccc4c(C5CCC(=O)NC5=O)nn(C)c34)C2)cccc1-c1c(C(C)(C)C)cc(N2CCc3cccc(C(=O)Nc4nc5ccccc5s4)c3C2)nc1C(=O)O. The summed E-state index contributed by atoms with van der Waals surface area (Å²) in [6, 6.07) is 26.9. The smallest absolute Gasteiger partial charge is 0.355 e. The maximum absolute atomic E-state index is 13.8. The lowest BCUT2D eigenvalue weighted by molar-refractivity contribution is -0.134. The molecular formula is C56H59N9O7S. The van der Waals surface area contributed by atoms with Crippen LogP contribution in [-0.4, -0.2) is 92.1 Å². The minimum atomic E-state index is -1.13. The van der Waals surface area contributed by atoms with Gasteiger partial charge in [-0.25, -0.2) is 14.8 Å². The van der Waals surface area contributed by atoms with Crippen molar-refractivity contribution in [2.75, 3.05) is 48.3 Å². The van der Waals surface area contributed by atoms with Gasteiger partial charge in [-0.2, -0.15) is 5.10 Å². The van der Waals surface area contributed by atoms with Crippen LogP contribution in [0.3, 0.4) is 0 Å². The van der Waals surface area contributed by atoms with E-state index in [0.29, 0.717) is 77.7 Å². The summed E-state index contributed by atoms with van der Waals surface area (Å²) in [5.74, 6) is -1.05. The summed E-state index contributed by atoms with van der Waals surface area (Å²) in [5, 5.41) is 25.3. The van der Waals surface area contributed by atoms with E-state index in [4.69, 9.17) is 9.72 Å². The van der Waals surface area contributed by atoms with Gasteiger partial charge in [0.15, 0.2) is 10.8 Å². The molecule has 16 nitrogen and oxygen atoms in total. The number of nitrogens with zero attached hydrogens (tertiary/aromatic N) is 6. The number of aryl methyl sites for hydroxylation is 1. The number of hydrogen-bond acceptors (Lipinski definition) is 12. The van der Waals surface area contributed by atoms with Crippen molar-refractivity contribution >= 4 is 78.7 Å². The van der Waals surface area contributed by atoms with Crippen molar-refractivity contribution in [2.45, 2.75) is 84.1 Å². The predicted octanol–water partition coefficient (Wildman–Crippen LogP) is 9.00. The number of hydrogen-bond donors (Lipinski definition) is 4. The number of carbonyl (C=O) groups is 5. The normalized spacial score (nSPS) is 17.2. The molecule has 73 heavy (non-hydrogen) atoms. The van der Waals surface area contributed by atoms with Crippen LogP contribution in [0.2, 0.25) is 0 Å². The average Bonchev–Trinajstić information content (AvgIpc) is 4.09. The van der Waals surface area contributed by atoms with Crippen LogP contribution >= 0.6 is 11.3 Å². The fourth-order valence-corrected chi connectivity index (χ4v) is 11.6. The van der Waals surface area contributed by atoms with Crippen LogP contribution in [0, 0.1) is 12.8 Å². The van der Waals surface area contributed by atoms with Gasteiger partial charge in [-0.15, -0.1) is 0 Å². The molecule has 0 aliphatic carbocycles. The number of aromatic nitrogens is 4. The number of anilines is 3. The van der Waals surface area contributed by atoms with Crippen LogP contribution in [0.25, 0.3) is 32.2 Å². The molecule has 376 valence electrons. The first-order valence-electron chi connectivity index (χ1n) is 25.0. The van der Waals surface area contributed by atoms with Crippen LogP contribution in [0.1, 0.15) is 108 Å². The number of piperidine rings is 1. The molecule has 3 aliphatic rings. The van der Waals surface area contributed by atoms with E-state index in [9.17, 15) is 29.1 Å². The summed E-state index contributed by atoms with van der Waals surface area (Å²) in [6.45, 7) is 11.5. The molecule has 3 aliphatic heterocycles. The molecule has 7 aromatic rings. The number of ether oxygens (including phenoxy) is 1. The van der Waals surface area contributed by atoms with E-state index in [0.717, 1.165) is 81.3 Å². The van der Waals surface area contributed by atoms with Crippen LogP contribution in [0.15, 0.2) is 84.9 Å². The maximum Gasteiger partial charge on any atom is 0.355 e. The standard InChI is InChI=1S/C56H59N9O7S/c1-32-35(14-10-19-43(32)72-27-11-12-33-23-25-64(29-33)31-47(67)57-42-18-9-16-37-49(62-63(5)51(37)42)38-21-22-46(66)60-53(38)69)48-40(56(2,3)4)28-45(59-50(48)54(70)71)65-26-24-34-13-8-15-36(39(34)30-65)52(68)61-55-58-41-17-6-7-20-44(41)73-55/h6-10,13-20,28,33,38H,11-12,21-27,29-31H2,1-5H3,(H,57,67)(H,70,71)(H,58,61,68)(H,60,66,69)/t33-,38?/m1/s1. The Morgan fingerprint density at radius 1 is 0.932 bits per heavy atom. The maximum atomic E-state index is 13.8. The molecule has 4 aromatic carbocycles. The summed E-state index contributed by atoms with van der Waals surface area (Å²) >= 11 is 1.43. The Kier molecular flexibility index (Phi) is 13.6. The first kappa shape index (κ1) is 49.1. The predicted molar refractivity (Wildman–Crippen MR) is 283 cm³/mol. The van der Waals surface area contributed by atoms with Crippen molar-refractivity contribution in [3.05, 3.63) is 124 Å².